The largest absolute Gasteiger partial charge is 0.351 e. The molecule has 0 saturated heterocycles. The first-order valence-electron chi connectivity index (χ1n) is 5.15. The number of aryl methyl sites for hydroxylation is 1. The summed E-state index contributed by atoms with van der Waals surface area (Å²) in [6, 6.07) is 0. The molecule has 0 radical (unpaired) electrons. The van der Waals surface area contributed by atoms with Crippen molar-refractivity contribution in [2.75, 3.05) is 11.4 Å². The minimum absolute atomic E-state index is 0.156. The van der Waals surface area contributed by atoms with E-state index in [0.29, 0.717) is 0 Å². The van der Waals surface area contributed by atoms with Crippen molar-refractivity contribution in [2.24, 2.45) is 0 Å². The second kappa shape index (κ2) is 3.23. The zero-order valence-corrected chi connectivity index (χ0v) is 9.12. The molecule has 1 aliphatic heterocycles. The van der Waals surface area contributed by atoms with Gasteiger partial charge in [0.15, 0.2) is 0 Å². The molecule has 3 nitrogen and oxygen atoms in total. The van der Waals surface area contributed by atoms with Crippen LogP contribution in [0.2, 0.25) is 0 Å². The number of fused-ring (bicyclic) bond motifs is 1. The van der Waals surface area contributed by atoms with E-state index in [9.17, 15) is 0 Å². The quantitative estimate of drug-likeness (QED) is 0.628. The predicted molar refractivity (Wildman–Crippen MR) is 57.5 cm³/mol. The molecule has 1 aromatic rings. The SMILES string of the molecule is CC(C)(C)N1CCCc2cncnc21. The highest BCUT2D eigenvalue weighted by atomic mass is 15.2. The molecule has 0 N–H and O–H groups in total. The minimum Gasteiger partial charge on any atom is -0.351 e. The fraction of sp³-hybridized carbons (Fsp3) is 0.636. The van der Waals surface area contributed by atoms with Crippen LogP contribution >= 0.6 is 0 Å². The lowest BCUT2D eigenvalue weighted by molar-refractivity contribution is 0.477. The summed E-state index contributed by atoms with van der Waals surface area (Å²) in [6.45, 7) is 7.78. The van der Waals surface area contributed by atoms with Crippen LogP contribution in [0.25, 0.3) is 0 Å². The topological polar surface area (TPSA) is 29.0 Å². The Balaban J connectivity index is 2.41. The standard InChI is InChI=1S/C11H17N3/c1-11(2,3)14-6-4-5-9-7-12-8-13-10(9)14/h7-8H,4-6H2,1-3H3. The van der Waals surface area contributed by atoms with Crippen LogP contribution in [-0.2, 0) is 6.42 Å². The molecule has 0 aliphatic carbocycles. The van der Waals surface area contributed by atoms with Gasteiger partial charge in [-0.15, -0.1) is 0 Å². The molecule has 76 valence electrons. The van der Waals surface area contributed by atoms with Crippen LogP contribution in [0.15, 0.2) is 12.5 Å². The summed E-state index contributed by atoms with van der Waals surface area (Å²) < 4.78 is 0. The van der Waals surface area contributed by atoms with Crippen molar-refractivity contribution < 1.29 is 0 Å². The van der Waals surface area contributed by atoms with Crippen LogP contribution in [0.1, 0.15) is 32.8 Å². The highest BCUT2D eigenvalue weighted by molar-refractivity contribution is 5.49. The number of hydrogen-bond donors (Lipinski definition) is 0. The Morgan fingerprint density at radius 1 is 1.36 bits per heavy atom. The van der Waals surface area contributed by atoms with Crippen LogP contribution in [0.4, 0.5) is 5.82 Å². The Kier molecular flexibility index (Phi) is 2.17. The van der Waals surface area contributed by atoms with Gasteiger partial charge in [-0.3, -0.25) is 0 Å². The van der Waals surface area contributed by atoms with Gasteiger partial charge >= 0.3 is 0 Å². The molecule has 14 heavy (non-hydrogen) atoms. The van der Waals surface area contributed by atoms with Gasteiger partial charge in [0.2, 0.25) is 0 Å². The Morgan fingerprint density at radius 3 is 2.86 bits per heavy atom. The first-order valence-corrected chi connectivity index (χ1v) is 5.15. The number of anilines is 1. The van der Waals surface area contributed by atoms with Crippen LogP contribution in [-0.4, -0.2) is 22.1 Å². The van der Waals surface area contributed by atoms with E-state index in [2.05, 4.69) is 35.6 Å². The first kappa shape index (κ1) is 9.44. The summed E-state index contributed by atoms with van der Waals surface area (Å²) in [5.74, 6) is 1.12. The molecule has 0 amide bonds. The summed E-state index contributed by atoms with van der Waals surface area (Å²) in [5.41, 5.74) is 1.44. The molecule has 0 atom stereocenters. The molecule has 0 saturated carbocycles. The highest BCUT2D eigenvalue weighted by Crippen LogP contribution is 2.29. The number of rotatable bonds is 0. The number of aromatic nitrogens is 2. The summed E-state index contributed by atoms with van der Waals surface area (Å²) >= 11 is 0. The maximum absolute atomic E-state index is 4.38. The van der Waals surface area contributed by atoms with Crippen LogP contribution in [0.5, 0.6) is 0 Å². The third-order valence-corrected chi connectivity index (χ3v) is 2.66. The third kappa shape index (κ3) is 1.59. The lowest BCUT2D eigenvalue weighted by atomic mass is 9.99. The molecule has 2 heterocycles. The second-order valence-corrected chi connectivity index (χ2v) is 4.80. The molecule has 3 heteroatoms. The van der Waals surface area contributed by atoms with Gasteiger partial charge in [0.05, 0.1) is 0 Å². The summed E-state index contributed by atoms with van der Waals surface area (Å²) in [6.07, 6.45) is 5.91. The Bertz CT molecular complexity index is 328. The van der Waals surface area contributed by atoms with Gasteiger partial charge in [-0.2, -0.15) is 0 Å². The molecule has 0 unspecified atom stereocenters. The molecule has 1 aromatic heterocycles. The maximum Gasteiger partial charge on any atom is 0.135 e. The van der Waals surface area contributed by atoms with Crippen molar-refractivity contribution in [3.8, 4) is 0 Å². The van der Waals surface area contributed by atoms with Crippen LogP contribution in [0.3, 0.4) is 0 Å². The molecule has 0 aromatic carbocycles. The second-order valence-electron chi connectivity index (χ2n) is 4.80. The summed E-state index contributed by atoms with van der Waals surface area (Å²) in [5, 5.41) is 0. The van der Waals surface area contributed by atoms with E-state index in [-0.39, 0.29) is 5.54 Å². The van der Waals surface area contributed by atoms with Crippen molar-refractivity contribution in [1.82, 2.24) is 9.97 Å². The van der Waals surface area contributed by atoms with Crippen LogP contribution in [0, 0.1) is 0 Å². The number of hydrogen-bond acceptors (Lipinski definition) is 3. The van der Waals surface area contributed by atoms with E-state index >= 15 is 0 Å². The molecular weight excluding hydrogens is 174 g/mol. The smallest absolute Gasteiger partial charge is 0.135 e. The molecule has 0 fully saturated rings. The van der Waals surface area contributed by atoms with Gasteiger partial charge in [0.25, 0.3) is 0 Å². The zero-order valence-electron chi connectivity index (χ0n) is 9.12. The van der Waals surface area contributed by atoms with E-state index in [1.54, 1.807) is 6.33 Å². The average molecular weight is 191 g/mol. The van der Waals surface area contributed by atoms with Gasteiger partial charge in [-0.05, 0) is 33.6 Å². The minimum atomic E-state index is 0.156. The zero-order chi connectivity index (χ0) is 10.2. The summed E-state index contributed by atoms with van der Waals surface area (Å²) in [7, 11) is 0. The molecular formula is C11H17N3. The van der Waals surface area contributed by atoms with Crippen molar-refractivity contribution in [3.63, 3.8) is 0 Å². The monoisotopic (exact) mass is 191 g/mol. The molecule has 0 spiro atoms. The van der Waals surface area contributed by atoms with Crippen LogP contribution < -0.4 is 4.90 Å². The maximum atomic E-state index is 4.38. The van der Waals surface area contributed by atoms with E-state index in [4.69, 9.17) is 0 Å². The van der Waals surface area contributed by atoms with Crippen molar-refractivity contribution in [1.29, 1.82) is 0 Å². The average Bonchev–Trinajstić information content (AvgIpc) is 2.15. The van der Waals surface area contributed by atoms with Gasteiger partial charge in [-0.1, -0.05) is 0 Å². The van der Waals surface area contributed by atoms with Gasteiger partial charge < -0.3 is 4.90 Å². The predicted octanol–water partition coefficient (Wildman–Crippen LogP) is 2.03. The van der Waals surface area contributed by atoms with Gasteiger partial charge in [0.1, 0.15) is 12.1 Å². The molecule has 0 bridgehead atoms. The molecule has 2 rings (SSSR count). The molecule has 1 aliphatic rings. The summed E-state index contributed by atoms with van der Waals surface area (Å²) in [4.78, 5) is 10.8. The van der Waals surface area contributed by atoms with Gasteiger partial charge in [0, 0.05) is 23.8 Å². The van der Waals surface area contributed by atoms with E-state index < -0.39 is 0 Å². The van der Waals surface area contributed by atoms with E-state index in [1.165, 1.54) is 12.0 Å². The van der Waals surface area contributed by atoms with Crippen molar-refractivity contribution in [3.05, 3.63) is 18.1 Å². The first-order chi connectivity index (χ1) is 6.59. The normalized spacial score (nSPS) is 16.6. The number of nitrogens with zero attached hydrogens (tertiary/aromatic N) is 3. The lowest BCUT2D eigenvalue weighted by Crippen LogP contribution is -2.45. The van der Waals surface area contributed by atoms with Crippen molar-refractivity contribution >= 4 is 5.82 Å². The Morgan fingerprint density at radius 2 is 2.14 bits per heavy atom. The fourth-order valence-electron chi connectivity index (χ4n) is 1.96. The van der Waals surface area contributed by atoms with Gasteiger partial charge in [-0.25, -0.2) is 9.97 Å². The van der Waals surface area contributed by atoms with E-state index in [0.717, 1.165) is 18.8 Å². The van der Waals surface area contributed by atoms with Crippen molar-refractivity contribution in [2.45, 2.75) is 39.2 Å². The Hall–Kier alpha value is -1.12. The fourth-order valence-corrected chi connectivity index (χ4v) is 1.96. The lowest BCUT2D eigenvalue weighted by Gasteiger charge is -2.40. The van der Waals surface area contributed by atoms with E-state index in [1.807, 2.05) is 6.20 Å². The third-order valence-electron chi connectivity index (χ3n) is 2.66. The Labute approximate surface area is 85.2 Å². The highest BCUT2D eigenvalue weighted by Gasteiger charge is 2.27.